The van der Waals surface area contributed by atoms with Crippen LogP contribution in [0.4, 0.5) is 9.59 Å². The van der Waals surface area contributed by atoms with E-state index in [2.05, 4.69) is 0 Å². The quantitative estimate of drug-likeness (QED) is 0.176. The van der Waals surface area contributed by atoms with Crippen LogP contribution in [0.2, 0.25) is 0 Å². The van der Waals surface area contributed by atoms with Crippen LogP contribution in [0.25, 0.3) is 0 Å². The standard InChI is InChI=1S/C25H37NO10/c1-8-15(6)20(25(26,22(28)29)36-21(27)16(7)14(4)5)17-11-12-18(34-23(30)32-9-2)19(13-17)35-24(31)33-10-3/h11-16,20H,8-10,26H2,1-7H3,(H,28,29)/t15-,16-,20?,25-/m0/s1. The van der Waals surface area contributed by atoms with E-state index in [9.17, 15) is 24.3 Å². The zero-order valence-corrected chi connectivity index (χ0v) is 21.9. The van der Waals surface area contributed by atoms with Crippen LogP contribution in [-0.2, 0) is 23.8 Å². The molecule has 36 heavy (non-hydrogen) atoms. The summed E-state index contributed by atoms with van der Waals surface area (Å²) in [5, 5.41) is 10.1. The highest BCUT2D eigenvalue weighted by atomic mass is 16.7. The van der Waals surface area contributed by atoms with Crippen molar-refractivity contribution in [2.45, 2.75) is 66.5 Å². The molecule has 0 bridgehead atoms. The minimum atomic E-state index is -2.44. The van der Waals surface area contributed by atoms with Crippen molar-refractivity contribution in [1.82, 2.24) is 0 Å². The third-order valence-electron chi connectivity index (χ3n) is 5.89. The molecule has 11 heteroatoms. The maximum Gasteiger partial charge on any atom is 0.513 e. The van der Waals surface area contributed by atoms with E-state index in [-0.39, 0.29) is 36.2 Å². The largest absolute Gasteiger partial charge is 0.513 e. The van der Waals surface area contributed by atoms with Gasteiger partial charge in [-0.25, -0.2) is 14.4 Å². The Labute approximate surface area is 211 Å². The number of esters is 1. The Morgan fingerprint density at radius 3 is 1.89 bits per heavy atom. The molecular weight excluding hydrogens is 474 g/mol. The number of nitrogens with two attached hydrogens (primary N) is 1. The second-order valence-corrected chi connectivity index (χ2v) is 8.69. The first kappa shape index (κ1) is 30.7. The Morgan fingerprint density at radius 2 is 1.44 bits per heavy atom. The van der Waals surface area contributed by atoms with Crippen molar-refractivity contribution in [2.75, 3.05) is 13.2 Å². The van der Waals surface area contributed by atoms with Crippen LogP contribution >= 0.6 is 0 Å². The number of ether oxygens (including phenoxy) is 5. The predicted molar refractivity (Wildman–Crippen MR) is 129 cm³/mol. The minimum absolute atomic E-state index is 0.0248. The van der Waals surface area contributed by atoms with Gasteiger partial charge in [0.1, 0.15) is 0 Å². The average molecular weight is 512 g/mol. The summed E-state index contributed by atoms with van der Waals surface area (Å²) in [4.78, 5) is 49.1. The molecule has 1 rings (SSSR count). The maximum atomic E-state index is 12.7. The third kappa shape index (κ3) is 7.84. The van der Waals surface area contributed by atoms with Gasteiger partial charge in [0.05, 0.1) is 25.0 Å². The Morgan fingerprint density at radius 1 is 0.917 bits per heavy atom. The number of carboxylic acids is 1. The minimum Gasteiger partial charge on any atom is -0.477 e. The van der Waals surface area contributed by atoms with Gasteiger partial charge in [-0.1, -0.05) is 47.1 Å². The summed E-state index contributed by atoms with van der Waals surface area (Å²) in [7, 11) is 0. The molecule has 0 heterocycles. The van der Waals surface area contributed by atoms with E-state index >= 15 is 0 Å². The number of benzene rings is 1. The molecule has 3 N–H and O–H groups in total. The van der Waals surface area contributed by atoms with Crippen molar-refractivity contribution in [3.05, 3.63) is 23.8 Å². The SMILES string of the molecule is CCOC(=O)Oc1ccc(C([C@@H](C)CC)[C@](N)(OC(=O)[C@@H](C)C(C)C)C(=O)O)cc1OC(=O)OCC. The van der Waals surface area contributed by atoms with Gasteiger partial charge in [-0.15, -0.1) is 0 Å². The van der Waals surface area contributed by atoms with E-state index in [4.69, 9.17) is 29.4 Å². The molecule has 0 aromatic heterocycles. The summed E-state index contributed by atoms with van der Waals surface area (Å²) in [5.41, 5.74) is 4.14. The molecule has 0 spiro atoms. The van der Waals surface area contributed by atoms with Crippen LogP contribution in [0.1, 0.15) is 66.4 Å². The van der Waals surface area contributed by atoms with Gasteiger partial charge in [0.2, 0.25) is 0 Å². The van der Waals surface area contributed by atoms with Crippen molar-refractivity contribution < 1.29 is 48.0 Å². The van der Waals surface area contributed by atoms with Gasteiger partial charge >= 0.3 is 24.2 Å². The fourth-order valence-electron chi connectivity index (χ4n) is 3.36. The molecule has 202 valence electrons. The lowest BCUT2D eigenvalue weighted by atomic mass is 9.77. The van der Waals surface area contributed by atoms with Crippen LogP contribution in [0, 0.1) is 17.8 Å². The zero-order valence-electron chi connectivity index (χ0n) is 21.9. The van der Waals surface area contributed by atoms with Gasteiger partial charge in [0.15, 0.2) is 11.5 Å². The van der Waals surface area contributed by atoms with Crippen molar-refractivity contribution in [3.63, 3.8) is 0 Å². The first-order valence-corrected chi connectivity index (χ1v) is 11.9. The number of carboxylic acid groups (broad SMARTS) is 1. The smallest absolute Gasteiger partial charge is 0.477 e. The lowest BCUT2D eigenvalue weighted by molar-refractivity contribution is -0.186. The van der Waals surface area contributed by atoms with Crippen molar-refractivity contribution in [1.29, 1.82) is 0 Å². The molecule has 0 aliphatic rings. The van der Waals surface area contributed by atoms with Gasteiger partial charge in [-0.2, -0.15) is 0 Å². The van der Waals surface area contributed by atoms with Crippen molar-refractivity contribution in [3.8, 4) is 11.5 Å². The Hall–Kier alpha value is -3.34. The van der Waals surface area contributed by atoms with Crippen LogP contribution in [0.5, 0.6) is 11.5 Å². The van der Waals surface area contributed by atoms with E-state index in [0.29, 0.717) is 6.42 Å². The van der Waals surface area contributed by atoms with Gasteiger partial charge in [0.25, 0.3) is 5.72 Å². The summed E-state index contributed by atoms with van der Waals surface area (Å²) < 4.78 is 25.3. The summed E-state index contributed by atoms with van der Waals surface area (Å²) in [6.07, 6.45) is -1.63. The Bertz CT molecular complexity index is 931. The molecule has 0 aliphatic carbocycles. The molecule has 0 saturated heterocycles. The van der Waals surface area contributed by atoms with Crippen molar-refractivity contribution >= 4 is 24.2 Å². The molecule has 1 aromatic carbocycles. The highest BCUT2D eigenvalue weighted by molar-refractivity contribution is 5.83. The number of carbonyl (C=O) groups is 4. The maximum absolute atomic E-state index is 12.7. The number of hydrogen-bond acceptors (Lipinski definition) is 10. The molecule has 0 fully saturated rings. The second kappa shape index (κ2) is 13.7. The van der Waals surface area contributed by atoms with E-state index in [1.54, 1.807) is 41.5 Å². The summed E-state index contributed by atoms with van der Waals surface area (Å²) >= 11 is 0. The van der Waals surface area contributed by atoms with Crippen molar-refractivity contribution in [2.24, 2.45) is 23.5 Å². The van der Waals surface area contributed by atoms with Gasteiger partial charge in [-0.3, -0.25) is 10.5 Å². The van der Waals surface area contributed by atoms with Crippen LogP contribution in [0.3, 0.4) is 0 Å². The number of aliphatic carboxylic acids is 1. The van der Waals surface area contributed by atoms with E-state index in [1.807, 2.05) is 6.92 Å². The molecule has 0 radical (unpaired) electrons. The molecule has 11 nitrogen and oxygen atoms in total. The van der Waals surface area contributed by atoms with Crippen LogP contribution in [0.15, 0.2) is 18.2 Å². The lowest BCUT2D eigenvalue weighted by Gasteiger charge is -2.37. The topological polar surface area (TPSA) is 161 Å². The molecule has 0 aliphatic heterocycles. The zero-order chi connectivity index (χ0) is 27.6. The van der Waals surface area contributed by atoms with Gasteiger partial charge in [-0.05, 0) is 43.4 Å². The fourth-order valence-corrected chi connectivity index (χ4v) is 3.36. The van der Waals surface area contributed by atoms with E-state index < -0.39 is 47.7 Å². The molecule has 4 atom stereocenters. The highest BCUT2D eigenvalue weighted by Crippen LogP contribution is 2.41. The predicted octanol–water partition coefficient (Wildman–Crippen LogP) is 4.46. The van der Waals surface area contributed by atoms with E-state index in [1.165, 1.54) is 18.2 Å². The average Bonchev–Trinajstić information content (AvgIpc) is 2.80. The fraction of sp³-hybridized carbons (Fsp3) is 0.600. The summed E-state index contributed by atoms with van der Waals surface area (Å²) in [6, 6.07) is 4.05. The van der Waals surface area contributed by atoms with Crippen LogP contribution in [-0.4, -0.2) is 48.3 Å². The van der Waals surface area contributed by atoms with Gasteiger partial charge in [0, 0.05) is 0 Å². The summed E-state index contributed by atoms with van der Waals surface area (Å²) in [5.74, 6) is -4.89. The number of carbonyl (C=O) groups excluding carboxylic acids is 3. The molecule has 1 aromatic rings. The first-order valence-electron chi connectivity index (χ1n) is 11.9. The molecule has 1 unspecified atom stereocenters. The van der Waals surface area contributed by atoms with Crippen LogP contribution < -0.4 is 15.2 Å². The molecule has 0 amide bonds. The highest BCUT2D eigenvalue weighted by Gasteiger charge is 2.50. The van der Waals surface area contributed by atoms with Gasteiger partial charge < -0.3 is 28.8 Å². The number of rotatable bonds is 12. The molecule has 0 saturated carbocycles. The Kier molecular flexibility index (Phi) is 11.7. The first-order chi connectivity index (χ1) is 16.8. The molecular formula is C25H37NO10. The second-order valence-electron chi connectivity index (χ2n) is 8.69. The van der Waals surface area contributed by atoms with E-state index in [0.717, 1.165) is 0 Å². The Balaban J connectivity index is 3.63. The third-order valence-corrected chi connectivity index (χ3v) is 5.89. The summed E-state index contributed by atoms with van der Waals surface area (Å²) in [6.45, 7) is 12.1. The normalized spacial score (nSPS) is 15.1. The monoisotopic (exact) mass is 511 g/mol. The number of hydrogen-bond donors (Lipinski definition) is 2. The lowest BCUT2D eigenvalue weighted by Crippen LogP contribution is -2.58.